The monoisotopic (exact) mass is 371 g/mol. The highest BCUT2D eigenvalue weighted by Crippen LogP contribution is 2.49. The highest BCUT2D eigenvalue weighted by atomic mass is 16.5. The summed E-state index contributed by atoms with van der Waals surface area (Å²) in [7, 11) is 2.22. The molecule has 1 aliphatic heterocycles. The molecule has 0 amide bonds. The van der Waals surface area contributed by atoms with Crippen LogP contribution in [0.2, 0.25) is 0 Å². The molecule has 1 saturated heterocycles. The summed E-state index contributed by atoms with van der Waals surface area (Å²) in [5.74, 6) is 1.32. The molecule has 1 saturated carbocycles. The minimum absolute atomic E-state index is 0.0775. The third-order valence-corrected chi connectivity index (χ3v) is 6.92. The second-order valence-electron chi connectivity index (χ2n) is 9.05. The maximum atomic E-state index is 13.5. The summed E-state index contributed by atoms with van der Waals surface area (Å²) in [4.78, 5) is 15.9. The van der Waals surface area contributed by atoms with Crippen molar-refractivity contribution in [3.63, 3.8) is 0 Å². The minimum atomic E-state index is -0.266. The Morgan fingerprint density at radius 1 is 1.07 bits per heavy atom. The van der Waals surface area contributed by atoms with Gasteiger partial charge in [-0.15, -0.1) is 0 Å². The molecule has 0 bridgehead atoms. The summed E-state index contributed by atoms with van der Waals surface area (Å²) in [6.45, 7) is 5.03. The highest BCUT2D eigenvalue weighted by Gasteiger charge is 2.48. The van der Waals surface area contributed by atoms with Crippen LogP contribution in [0.3, 0.4) is 0 Å². The fourth-order valence-corrected chi connectivity index (χ4v) is 5.26. The van der Waals surface area contributed by atoms with Gasteiger partial charge in [0, 0.05) is 0 Å². The molecule has 27 heavy (non-hydrogen) atoms. The molecular weight excluding hydrogens is 334 g/mol. The van der Waals surface area contributed by atoms with Gasteiger partial charge in [0.25, 0.3) is 0 Å². The largest absolute Gasteiger partial charge is 0.460 e. The third kappa shape index (κ3) is 5.34. The molecule has 1 aromatic rings. The van der Waals surface area contributed by atoms with Crippen LogP contribution < -0.4 is 0 Å². The molecule has 0 N–H and O–H groups in total. The predicted molar refractivity (Wildman–Crippen MR) is 110 cm³/mol. The van der Waals surface area contributed by atoms with E-state index in [9.17, 15) is 4.79 Å². The number of esters is 1. The molecule has 0 spiro atoms. The van der Waals surface area contributed by atoms with Crippen LogP contribution in [0.15, 0.2) is 30.3 Å². The van der Waals surface area contributed by atoms with Crippen molar-refractivity contribution in [2.45, 2.75) is 71.3 Å². The Labute approximate surface area is 165 Å². The first-order valence-corrected chi connectivity index (χ1v) is 11.0. The van der Waals surface area contributed by atoms with Crippen LogP contribution in [0.1, 0.15) is 70.3 Å². The number of hydrogen-bond donors (Lipinski definition) is 0. The first-order chi connectivity index (χ1) is 13.1. The summed E-state index contributed by atoms with van der Waals surface area (Å²) in [5, 5.41) is 0. The lowest BCUT2D eigenvalue weighted by Gasteiger charge is -2.38. The summed E-state index contributed by atoms with van der Waals surface area (Å²) in [5.41, 5.74) is 0.818. The van der Waals surface area contributed by atoms with Crippen molar-refractivity contribution in [2.24, 2.45) is 17.3 Å². The van der Waals surface area contributed by atoms with Crippen molar-refractivity contribution < 1.29 is 9.53 Å². The van der Waals surface area contributed by atoms with Gasteiger partial charge in [-0.05, 0) is 76.1 Å². The van der Waals surface area contributed by atoms with Gasteiger partial charge in [-0.3, -0.25) is 4.79 Å². The summed E-state index contributed by atoms with van der Waals surface area (Å²) < 4.78 is 5.96. The molecule has 3 heteroatoms. The van der Waals surface area contributed by atoms with Crippen LogP contribution in [0.4, 0.5) is 0 Å². The van der Waals surface area contributed by atoms with Crippen LogP contribution in [-0.2, 0) is 16.1 Å². The number of carbonyl (C=O) groups is 1. The average Bonchev–Trinajstić information content (AvgIpc) is 3.12. The van der Waals surface area contributed by atoms with Crippen LogP contribution in [0.25, 0.3) is 0 Å². The van der Waals surface area contributed by atoms with Gasteiger partial charge in [0.2, 0.25) is 0 Å². The average molecular weight is 372 g/mol. The van der Waals surface area contributed by atoms with Crippen molar-refractivity contribution in [3.8, 4) is 0 Å². The number of carbonyl (C=O) groups excluding carboxylic acids is 1. The second kappa shape index (κ2) is 9.73. The van der Waals surface area contributed by atoms with Gasteiger partial charge in [-0.2, -0.15) is 0 Å². The first kappa shape index (κ1) is 20.4. The fourth-order valence-electron chi connectivity index (χ4n) is 5.26. The van der Waals surface area contributed by atoms with E-state index in [1.165, 1.54) is 38.6 Å². The molecule has 0 radical (unpaired) electrons. The first-order valence-electron chi connectivity index (χ1n) is 11.0. The van der Waals surface area contributed by atoms with Gasteiger partial charge in [-0.25, -0.2) is 0 Å². The van der Waals surface area contributed by atoms with Gasteiger partial charge < -0.3 is 9.64 Å². The van der Waals surface area contributed by atoms with Crippen molar-refractivity contribution in [1.29, 1.82) is 0 Å². The lowest BCUT2D eigenvalue weighted by Crippen LogP contribution is -2.40. The van der Waals surface area contributed by atoms with Crippen LogP contribution in [0.5, 0.6) is 0 Å². The Morgan fingerprint density at radius 3 is 2.56 bits per heavy atom. The van der Waals surface area contributed by atoms with E-state index in [-0.39, 0.29) is 11.4 Å². The quantitative estimate of drug-likeness (QED) is 0.660. The van der Waals surface area contributed by atoms with Gasteiger partial charge in [0.1, 0.15) is 6.61 Å². The minimum Gasteiger partial charge on any atom is -0.460 e. The third-order valence-electron chi connectivity index (χ3n) is 6.92. The molecule has 3 rings (SSSR count). The lowest BCUT2D eigenvalue weighted by molar-refractivity contribution is -0.163. The number of rotatable bonds is 4. The van der Waals surface area contributed by atoms with Crippen LogP contribution >= 0.6 is 0 Å². The molecule has 0 aromatic heterocycles. The Balaban J connectivity index is 1.76. The fraction of sp³-hybridized carbons (Fsp3) is 0.708. The van der Waals surface area contributed by atoms with E-state index in [1.807, 2.05) is 30.3 Å². The predicted octanol–water partition coefficient (Wildman–Crippen LogP) is 5.44. The Morgan fingerprint density at radius 2 is 1.81 bits per heavy atom. The summed E-state index contributed by atoms with van der Waals surface area (Å²) in [6.07, 6.45) is 10.4. The Kier molecular flexibility index (Phi) is 7.34. The zero-order chi connectivity index (χ0) is 19.1. The van der Waals surface area contributed by atoms with E-state index in [1.54, 1.807) is 0 Å². The topological polar surface area (TPSA) is 29.5 Å². The number of nitrogens with zero attached hydrogens (tertiary/aromatic N) is 1. The molecule has 1 heterocycles. The van der Waals surface area contributed by atoms with E-state index in [4.69, 9.17) is 4.74 Å². The Hall–Kier alpha value is -1.35. The molecule has 1 aromatic carbocycles. The van der Waals surface area contributed by atoms with E-state index >= 15 is 0 Å². The molecule has 1 aliphatic carbocycles. The van der Waals surface area contributed by atoms with Crippen molar-refractivity contribution in [3.05, 3.63) is 35.9 Å². The molecule has 150 valence electrons. The van der Waals surface area contributed by atoms with E-state index in [0.717, 1.165) is 43.7 Å². The van der Waals surface area contributed by atoms with Crippen molar-refractivity contribution in [1.82, 2.24) is 4.90 Å². The summed E-state index contributed by atoms with van der Waals surface area (Å²) in [6, 6.07) is 10.1. The zero-order valence-electron chi connectivity index (χ0n) is 17.3. The van der Waals surface area contributed by atoms with E-state index in [0.29, 0.717) is 12.5 Å². The summed E-state index contributed by atoms with van der Waals surface area (Å²) >= 11 is 0. The number of ether oxygens (including phenoxy) is 1. The maximum Gasteiger partial charge on any atom is 0.312 e. The van der Waals surface area contributed by atoms with Crippen LogP contribution in [0, 0.1) is 17.3 Å². The van der Waals surface area contributed by atoms with E-state index in [2.05, 4.69) is 18.9 Å². The van der Waals surface area contributed by atoms with Gasteiger partial charge in [-0.1, -0.05) is 56.5 Å². The number of hydrogen-bond acceptors (Lipinski definition) is 3. The number of benzene rings is 1. The molecule has 2 aliphatic rings. The normalized spacial score (nSPS) is 30.7. The highest BCUT2D eigenvalue weighted by molar-refractivity contribution is 5.77. The standard InChI is InChI=1S/C24H37NO2/c1-20-12-13-22(18-20)24(14-7-4-8-16-25(2)17-9-15-24)23(26)27-19-21-10-5-3-6-11-21/h3,5-6,10-11,20,22H,4,7-9,12-19H2,1-2H3/t20-,22?,24?/m1/s1. The second-order valence-corrected chi connectivity index (χ2v) is 9.05. The molecule has 3 nitrogen and oxygen atoms in total. The Bertz CT molecular complexity index is 587. The van der Waals surface area contributed by atoms with Gasteiger partial charge >= 0.3 is 5.97 Å². The lowest BCUT2D eigenvalue weighted by atomic mass is 9.67. The zero-order valence-corrected chi connectivity index (χ0v) is 17.3. The van der Waals surface area contributed by atoms with Gasteiger partial charge in [0.05, 0.1) is 5.41 Å². The SMILES string of the molecule is C[C@@H]1CCC(C2(C(=O)OCc3ccccc3)CCCCCN(C)CCC2)C1. The molecule has 2 unspecified atom stereocenters. The maximum absolute atomic E-state index is 13.5. The van der Waals surface area contributed by atoms with Crippen LogP contribution in [-0.4, -0.2) is 31.0 Å². The van der Waals surface area contributed by atoms with Gasteiger partial charge in [0.15, 0.2) is 0 Å². The molecular formula is C24H37NO2. The molecule has 2 fully saturated rings. The molecule has 3 atom stereocenters. The van der Waals surface area contributed by atoms with Crippen molar-refractivity contribution >= 4 is 5.97 Å². The smallest absolute Gasteiger partial charge is 0.312 e. The van der Waals surface area contributed by atoms with Crippen molar-refractivity contribution in [2.75, 3.05) is 20.1 Å². The van der Waals surface area contributed by atoms with E-state index < -0.39 is 0 Å².